The lowest BCUT2D eigenvalue weighted by Crippen LogP contribution is -2.49. The number of aliphatic hydroxyl groups is 1. The first-order valence-electron chi connectivity index (χ1n) is 4.37. The van der Waals surface area contributed by atoms with Gasteiger partial charge in [0.2, 0.25) is 5.91 Å². The van der Waals surface area contributed by atoms with Crippen molar-refractivity contribution in [3.63, 3.8) is 0 Å². The van der Waals surface area contributed by atoms with Crippen LogP contribution in [0.2, 0.25) is 0 Å². The van der Waals surface area contributed by atoms with Crippen molar-refractivity contribution in [2.75, 3.05) is 13.7 Å². The minimum atomic E-state index is -1.08. The normalized spacial score (nSPS) is 29.4. The van der Waals surface area contributed by atoms with Gasteiger partial charge in [-0.25, -0.2) is 0 Å². The van der Waals surface area contributed by atoms with Gasteiger partial charge in [-0.15, -0.1) is 0 Å². The first-order valence-corrected chi connectivity index (χ1v) is 4.37. The van der Waals surface area contributed by atoms with E-state index >= 15 is 0 Å². The van der Waals surface area contributed by atoms with Crippen LogP contribution in [0.15, 0.2) is 0 Å². The third kappa shape index (κ3) is 2.95. The number of nitrogens with one attached hydrogen (secondary N) is 1. The van der Waals surface area contributed by atoms with Crippen molar-refractivity contribution >= 4 is 5.91 Å². The summed E-state index contributed by atoms with van der Waals surface area (Å²) in [4.78, 5) is 10.4. The maximum absolute atomic E-state index is 10.4. The minimum Gasteiger partial charge on any atom is -0.382 e. The number of carbonyl (C=O) groups is 1. The van der Waals surface area contributed by atoms with Crippen molar-refractivity contribution in [2.45, 2.75) is 31.1 Å². The first kappa shape index (κ1) is 10.4. The number of methoxy groups -OCH3 is 1. The van der Waals surface area contributed by atoms with Crippen LogP contribution >= 0.6 is 0 Å². The van der Waals surface area contributed by atoms with Gasteiger partial charge in [-0.3, -0.25) is 4.79 Å². The number of carbonyl (C=O) groups excluding carboxylic acids is 1. The fourth-order valence-electron chi connectivity index (χ4n) is 1.30. The molecule has 76 valence electrons. The summed E-state index contributed by atoms with van der Waals surface area (Å²) < 4.78 is 5.08. The molecule has 1 saturated carbocycles. The van der Waals surface area contributed by atoms with Gasteiger partial charge in [-0.05, 0) is 12.8 Å². The minimum absolute atomic E-state index is 0.233. The Morgan fingerprint density at radius 1 is 1.77 bits per heavy atom. The largest absolute Gasteiger partial charge is 0.382 e. The van der Waals surface area contributed by atoms with Crippen molar-refractivity contribution in [2.24, 2.45) is 5.73 Å². The smallest absolute Gasteiger partial charge is 0.247 e. The van der Waals surface area contributed by atoms with Crippen molar-refractivity contribution in [1.82, 2.24) is 5.32 Å². The van der Waals surface area contributed by atoms with Crippen LogP contribution in [0.25, 0.3) is 0 Å². The highest BCUT2D eigenvalue weighted by Crippen LogP contribution is 2.22. The number of amides is 1. The predicted octanol–water partition coefficient (Wildman–Crippen LogP) is -1.40. The van der Waals surface area contributed by atoms with E-state index in [-0.39, 0.29) is 6.54 Å². The van der Waals surface area contributed by atoms with Crippen molar-refractivity contribution in [1.29, 1.82) is 0 Å². The highest BCUT2D eigenvalue weighted by Gasteiger charge is 2.29. The Bertz CT molecular complexity index is 180. The monoisotopic (exact) mass is 188 g/mol. The van der Waals surface area contributed by atoms with Crippen molar-refractivity contribution < 1.29 is 14.6 Å². The van der Waals surface area contributed by atoms with Crippen molar-refractivity contribution in [3.05, 3.63) is 0 Å². The number of rotatable bonds is 5. The van der Waals surface area contributed by atoms with Gasteiger partial charge in [0, 0.05) is 19.7 Å². The van der Waals surface area contributed by atoms with Gasteiger partial charge in [0.25, 0.3) is 0 Å². The summed E-state index contributed by atoms with van der Waals surface area (Å²) in [7, 11) is 1.68. The van der Waals surface area contributed by atoms with Gasteiger partial charge in [-0.2, -0.15) is 0 Å². The first-order chi connectivity index (χ1) is 6.13. The van der Waals surface area contributed by atoms with Crippen LogP contribution in [0.4, 0.5) is 0 Å². The molecule has 1 aliphatic rings. The maximum Gasteiger partial charge on any atom is 0.247 e. The van der Waals surface area contributed by atoms with Crippen LogP contribution in [0.3, 0.4) is 0 Å². The maximum atomic E-state index is 10.4. The van der Waals surface area contributed by atoms with E-state index in [1.807, 2.05) is 0 Å². The lowest BCUT2D eigenvalue weighted by molar-refractivity contribution is -0.125. The second-order valence-corrected chi connectivity index (χ2v) is 3.35. The summed E-state index contributed by atoms with van der Waals surface area (Å²) in [6.07, 6.45) is 1.11. The Labute approximate surface area is 77.2 Å². The van der Waals surface area contributed by atoms with E-state index in [1.54, 1.807) is 7.11 Å². The zero-order valence-corrected chi connectivity index (χ0v) is 7.69. The predicted molar refractivity (Wildman–Crippen MR) is 47.0 cm³/mol. The SMILES string of the molecule is COC1CC(NCC(O)C(N)=O)C1. The summed E-state index contributed by atoms with van der Waals surface area (Å²) in [6.45, 7) is 0.233. The Morgan fingerprint density at radius 3 is 2.85 bits per heavy atom. The Kier molecular flexibility index (Phi) is 3.65. The molecule has 0 aliphatic heterocycles. The highest BCUT2D eigenvalue weighted by atomic mass is 16.5. The fourth-order valence-corrected chi connectivity index (χ4v) is 1.30. The number of aliphatic hydroxyl groups excluding tert-OH is 1. The van der Waals surface area contributed by atoms with E-state index in [1.165, 1.54) is 0 Å². The van der Waals surface area contributed by atoms with Crippen LogP contribution < -0.4 is 11.1 Å². The summed E-state index contributed by atoms with van der Waals surface area (Å²) in [5.74, 6) is -0.685. The average Bonchev–Trinajstić information content (AvgIpc) is 2.01. The Morgan fingerprint density at radius 2 is 2.38 bits per heavy atom. The molecule has 0 saturated heterocycles. The van der Waals surface area contributed by atoms with Gasteiger partial charge in [0.1, 0.15) is 6.10 Å². The Balaban J connectivity index is 2.05. The van der Waals surface area contributed by atoms with Crippen LogP contribution in [0.5, 0.6) is 0 Å². The molecule has 0 aromatic carbocycles. The molecule has 1 amide bonds. The van der Waals surface area contributed by atoms with Crippen LogP contribution in [-0.2, 0) is 9.53 Å². The summed E-state index contributed by atoms with van der Waals surface area (Å²) in [6, 6.07) is 0.346. The van der Waals surface area contributed by atoms with Crippen LogP contribution in [0, 0.1) is 0 Å². The summed E-state index contributed by atoms with van der Waals surface area (Å²) >= 11 is 0. The third-order valence-corrected chi connectivity index (χ3v) is 2.36. The molecule has 0 spiro atoms. The topological polar surface area (TPSA) is 84.6 Å². The van der Waals surface area contributed by atoms with E-state index in [0.717, 1.165) is 12.8 Å². The van der Waals surface area contributed by atoms with E-state index < -0.39 is 12.0 Å². The summed E-state index contributed by atoms with van der Waals surface area (Å²) in [5.41, 5.74) is 4.88. The second-order valence-electron chi connectivity index (χ2n) is 3.35. The number of hydrogen-bond donors (Lipinski definition) is 3. The number of hydrogen-bond acceptors (Lipinski definition) is 4. The molecule has 1 fully saturated rings. The van der Waals surface area contributed by atoms with Crippen LogP contribution in [0.1, 0.15) is 12.8 Å². The zero-order chi connectivity index (χ0) is 9.84. The lowest BCUT2D eigenvalue weighted by atomic mass is 9.89. The second kappa shape index (κ2) is 4.55. The van der Waals surface area contributed by atoms with Gasteiger partial charge in [0.15, 0.2) is 0 Å². The van der Waals surface area contributed by atoms with Crippen LogP contribution in [-0.4, -0.2) is 42.9 Å². The molecule has 0 bridgehead atoms. The van der Waals surface area contributed by atoms with Gasteiger partial charge >= 0.3 is 0 Å². The van der Waals surface area contributed by atoms with Gasteiger partial charge in [-0.1, -0.05) is 0 Å². The highest BCUT2D eigenvalue weighted by molar-refractivity contribution is 5.78. The average molecular weight is 188 g/mol. The Hall–Kier alpha value is -0.650. The number of ether oxygens (including phenoxy) is 1. The fraction of sp³-hybridized carbons (Fsp3) is 0.875. The molecule has 1 aliphatic carbocycles. The number of primary amides is 1. The number of nitrogens with two attached hydrogens (primary N) is 1. The standard InChI is InChI=1S/C8H16N2O3/c1-13-6-2-5(3-6)10-4-7(11)8(9)12/h5-7,10-11H,2-4H2,1H3,(H2,9,12). The van der Waals surface area contributed by atoms with E-state index in [2.05, 4.69) is 5.32 Å². The van der Waals surface area contributed by atoms with E-state index in [9.17, 15) is 4.79 Å². The molecule has 4 N–H and O–H groups in total. The van der Waals surface area contributed by atoms with Gasteiger partial charge < -0.3 is 20.9 Å². The summed E-state index contributed by atoms with van der Waals surface area (Å²) in [5, 5.41) is 12.1. The molecule has 13 heavy (non-hydrogen) atoms. The molecular formula is C8H16N2O3. The lowest BCUT2D eigenvalue weighted by Gasteiger charge is -2.35. The molecule has 0 heterocycles. The quantitative estimate of drug-likeness (QED) is 0.495. The van der Waals surface area contributed by atoms with E-state index in [4.69, 9.17) is 15.6 Å². The van der Waals surface area contributed by atoms with Crippen molar-refractivity contribution in [3.8, 4) is 0 Å². The third-order valence-electron chi connectivity index (χ3n) is 2.36. The molecule has 0 aromatic rings. The van der Waals surface area contributed by atoms with Gasteiger partial charge in [0.05, 0.1) is 6.10 Å². The molecular weight excluding hydrogens is 172 g/mol. The molecule has 1 atom stereocenters. The van der Waals surface area contributed by atoms with E-state index in [0.29, 0.717) is 12.1 Å². The molecule has 0 radical (unpaired) electrons. The molecule has 0 aromatic heterocycles. The molecule has 5 heteroatoms. The molecule has 1 unspecified atom stereocenters. The molecule has 5 nitrogen and oxygen atoms in total. The zero-order valence-electron chi connectivity index (χ0n) is 7.69. The molecule has 1 rings (SSSR count).